The van der Waals surface area contributed by atoms with Gasteiger partial charge >= 0.3 is 0 Å². The molecule has 0 aliphatic carbocycles. The van der Waals surface area contributed by atoms with Gasteiger partial charge in [-0.05, 0) is 128 Å². The molecule has 14 heteroatoms. The van der Waals surface area contributed by atoms with Crippen molar-refractivity contribution in [1.82, 2.24) is 9.97 Å². The first-order valence-electron chi connectivity index (χ1n) is 28.9. The molecular weight excluding hydrogens is 1650 g/mol. The third-order valence-electron chi connectivity index (χ3n) is 16.6. The molecule has 0 unspecified atom stereocenters. The van der Waals surface area contributed by atoms with Crippen LogP contribution in [0.3, 0.4) is 0 Å². The van der Waals surface area contributed by atoms with Gasteiger partial charge in [0.1, 0.15) is 45.1 Å². The number of pyridine rings is 2. The van der Waals surface area contributed by atoms with Crippen LogP contribution in [0.1, 0.15) is 16.7 Å². The maximum absolute atomic E-state index is 6.07. The van der Waals surface area contributed by atoms with E-state index in [1.54, 1.807) is 0 Å². The summed E-state index contributed by atoms with van der Waals surface area (Å²) in [5, 5.41) is 6.91. The van der Waals surface area contributed by atoms with Gasteiger partial charge in [0, 0.05) is 133 Å². The van der Waals surface area contributed by atoms with Crippen molar-refractivity contribution in [2.75, 3.05) is 29.4 Å². The predicted molar refractivity (Wildman–Crippen MR) is 352 cm³/mol. The first-order chi connectivity index (χ1) is 42.9. The summed E-state index contributed by atoms with van der Waals surface area (Å²) < 4.78 is 18.2. The largest absolute Gasteiger partial charge is 0.493 e. The van der Waals surface area contributed by atoms with E-state index in [0.29, 0.717) is 0 Å². The SMILES string of the molecule is Cc1c(N2[CH-]N(c3[c-]cccc3)c3ccccc32)ccc2oc3ccccc3c12.Cc1c(N2[CH-]N(c3[c-]cccc3)c3cccnc32)ccc2oc3ccccc3c12.Cc1c(N2[CH-]N(c3[c-]cccc3)c3ncccc32)ccc2oc3ccccc3c12.[Ir].[Ir].[Ir]. The molecular formula is C76H52Ir3N8O3-6. The Morgan fingerprint density at radius 1 is 0.289 bits per heavy atom. The van der Waals surface area contributed by atoms with Gasteiger partial charge in [-0.3, -0.25) is 0 Å². The van der Waals surface area contributed by atoms with Crippen LogP contribution in [0, 0.1) is 59.0 Å². The first kappa shape index (κ1) is 59.6. The molecule has 3 radical (unpaired) electrons. The number of rotatable bonds is 6. The summed E-state index contributed by atoms with van der Waals surface area (Å²) in [6.07, 6.45) is 3.66. The van der Waals surface area contributed by atoms with Crippen LogP contribution in [0.15, 0.2) is 256 Å². The molecule has 15 aromatic rings. The van der Waals surface area contributed by atoms with Crippen LogP contribution in [-0.4, -0.2) is 9.97 Å². The number of hydrogen-bond donors (Lipinski definition) is 0. The minimum absolute atomic E-state index is 0. The molecule has 0 saturated carbocycles. The molecule has 0 saturated heterocycles. The fraction of sp³-hybridized carbons (Fsp3) is 0.0395. The van der Waals surface area contributed by atoms with Crippen LogP contribution in [0.5, 0.6) is 0 Å². The molecule has 0 atom stereocenters. The molecule has 0 bridgehead atoms. The van der Waals surface area contributed by atoms with Gasteiger partial charge in [-0.2, -0.15) is 91.0 Å². The average Bonchev–Trinajstić information content (AvgIpc) is 1.70. The Labute approximate surface area is 561 Å². The second-order valence-corrected chi connectivity index (χ2v) is 21.5. The normalized spacial score (nSPS) is 13.0. The number of anilines is 12. The van der Waals surface area contributed by atoms with Crippen LogP contribution in [-0.2, 0) is 60.3 Å². The van der Waals surface area contributed by atoms with Crippen molar-refractivity contribution >= 4 is 134 Å². The standard InChI is InChI=1S/C26H18N2O.2C25H17N3O.3Ir/c1-18-21(15-16-25-26(18)20-11-5-8-14-24(20)29-25)28-17-27(19-9-3-2-4-10-19)22-12-6-7-13-23(22)28;1-17-20(13-14-23-24(17)19-10-5-6-12-22(19)29-23)28-16-27(18-8-3-2-4-9-18)25-21(28)11-7-15-26-25;1-17-20(13-14-23-24(17)19-10-5-6-12-22(19)29-23)28-16-27(18-8-3-2-4-9-18)21-11-7-15-26-25(21)28;;;/h2-9,11-17H,1H3;2*2-8,10-16H,1H3;;;/q3*-2;;;. The van der Waals surface area contributed by atoms with Crippen molar-refractivity contribution in [2.45, 2.75) is 20.8 Å². The molecule has 3 aliphatic heterocycles. The third kappa shape index (κ3) is 10.2. The molecule has 447 valence electrons. The van der Waals surface area contributed by atoms with E-state index in [9.17, 15) is 0 Å². The quantitative estimate of drug-likeness (QED) is 0.149. The van der Waals surface area contributed by atoms with Gasteiger partial charge in [0.05, 0.1) is 11.4 Å². The van der Waals surface area contributed by atoms with Gasteiger partial charge in [-0.25, -0.2) is 9.97 Å². The van der Waals surface area contributed by atoms with Crippen molar-refractivity contribution in [3.63, 3.8) is 0 Å². The molecule has 0 N–H and O–H groups in total. The molecule has 0 amide bonds. The van der Waals surface area contributed by atoms with Crippen LogP contribution in [0.2, 0.25) is 0 Å². The number of benzene rings is 10. The third-order valence-corrected chi connectivity index (χ3v) is 16.6. The number of aryl methyl sites for hydroxylation is 3. The number of aromatic nitrogens is 2. The van der Waals surface area contributed by atoms with E-state index in [1.807, 2.05) is 128 Å². The summed E-state index contributed by atoms with van der Waals surface area (Å²) in [5.74, 6) is 1.80. The molecule has 5 aromatic heterocycles. The van der Waals surface area contributed by atoms with Crippen molar-refractivity contribution in [3.05, 3.63) is 298 Å². The van der Waals surface area contributed by atoms with Crippen LogP contribution in [0.4, 0.5) is 68.5 Å². The Kier molecular flexibility index (Phi) is 16.5. The van der Waals surface area contributed by atoms with Crippen molar-refractivity contribution < 1.29 is 73.6 Å². The summed E-state index contributed by atoms with van der Waals surface area (Å²) in [4.78, 5) is 22.3. The Hall–Kier alpha value is -9.35. The summed E-state index contributed by atoms with van der Waals surface area (Å²) in [6, 6.07) is 87.7. The number of furan rings is 3. The van der Waals surface area contributed by atoms with Crippen LogP contribution >= 0.6 is 0 Å². The minimum atomic E-state index is 0. The van der Waals surface area contributed by atoms with E-state index in [-0.39, 0.29) is 60.3 Å². The molecule has 3 aliphatic rings. The number of hydrogen-bond acceptors (Lipinski definition) is 11. The van der Waals surface area contributed by atoms with Gasteiger partial charge in [0.15, 0.2) is 0 Å². The second-order valence-electron chi connectivity index (χ2n) is 21.5. The average molecular weight is 1700 g/mol. The second kappa shape index (κ2) is 24.9. The number of para-hydroxylation sites is 8. The topological polar surface area (TPSA) is 84.6 Å². The smallest absolute Gasteiger partial charge is 0.135 e. The van der Waals surface area contributed by atoms with E-state index in [2.05, 4.69) is 214 Å². The summed E-state index contributed by atoms with van der Waals surface area (Å²) in [6.45, 7) is 12.8. The van der Waals surface area contributed by atoms with Gasteiger partial charge in [0.2, 0.25) is 0 Å². The molecule has 0 fully saturated rings. The summed E-state index contributed by atoms with van der Waals surface area (Å²) in [7, 11) is 0. The summed E-state index contributed by atoms with van der Waals surface area (Å²) >= 11 is 0. The van der Waals surface area contributed by atoms with Gasteiger partial charge in [0.25, 0.3) is 0 Å². The molecule has 11 nitrogen and oxygen atoms in total. The van der Waals surface area contributed by atoms with Gasteiger partial charge in [-0.15, -0.1) is 37.1 Å². The van der Waals surface area contributed by atoms with Crippen molar-refractivity contribution in [2.24, 2.45) is 0 Å². The Morgan fingerprint density at radius 2 is 0.611 bits per heavy atom. The zero-order valence-corrected chi connectivity index (χ0v) is 55.8. The zero-order chi connectivity index (χ0) is 58.1. The molecule has 10 aromatic carbocycles. The van der Waals surface area contributed by atoms with Crippen LogP contribution in [0.25, 0.3) is 65.8 Å². The maximum atomic E-state index is 6.07. The molecule has 8 heterocycles. The number of fused-ring (bicyclic) bond motifs is 12. The Bertz CT molecular complexity index is 4590. The summed E-state index contributed by atoms with van der Waals surface area (Å²) in [5.41, 5.74) is 19.7. The first-order valence-corrected chi connectivity index (χ1v) is 28.9. The van der Waals surface area contributed by atoms with E-state index < -0.39 is 0 Å². The van der Waals surface area contributed by atoms with Crippen molar-refractivity contribution in [3.8, 4) is 0 Å². The minimum Gasteiger partial charge on any atom is -0.493 e. The van der Waals surface area contributed by atoms with E-state index >= 15 is 0 Å². The maximum Gasteiger partial charge on any atom is 0.135 e. The van der Waals surface area contributed by atoms with Crippen molar-refractivity contribution in [1.29, 1.82) is 0 Å². The zero-order valence-electron chi connectivity index (χ0n) is 48.6. The molecule has 0 spiro atoms. The van der Waals surface area contributed by atoms with E-state index in [4.69, 9.17) is 13.3 Å². The van der Waals surface area contributed by atoms with Gasteiger partial charge < -0.3 is 42.7 Å². The van der Waals surface area contributed by atoms with E-state index in [1.165, 1.54) is 22.1 Å². The molecule has 18 rings (SSSR count). The van der Waals surface area contributed by atoms with E-state index in [0.717, 1.165) is 129 Å². The predicted octanol–water partition coefficient (Wildman–Crippen LogP) is 20.1. The van der Waals surface area contributed by atoms with Gasteiger partial charge in [-0.1, -0.05) is 66.7 Å². The Morgan fingerprint density at radius 3 is 1.06 bits per heavy atom. The number of nitrogens with zero attached hydrogens (tertiary/aromatic N) is 8. The fourth-order valence-corrected chi connectivity index (χ4v) is 12.5. The monoisotopic (exact) mass is 1700 g/mol. The Balaban J connectivity index is 0.000000122. The molecule has 90 heavy (non-hydrogen) atoms. The van der Waals surface area contributed by atoms with Crippen LogP contribution < -0.4 is 29.4 Å². The fourth-order valence-electron chi connectivity index (χ4n) is 12.5.